The first-order valence-corrected chi connectivity index (χ1v) is 4.29. The van der Waals surface area contributed by atoms with Gasteiger partial charge in [0.15, 0.2) is 0 Å². The highest BCUT2D eigenvalue weighted by atomic mass is 35.5. The predicted octanol–water partition coefficient (Wildman–Crippen LogP) is 4.04. The molecule has 0 atom stereocenters. The second-order valence-electron chi connectivity index (χ2n) is 2.36. The van der Waals surface area contributed by atoms with Crippen LogP contribution in [0.15, 0.2) is 34.9 Å². The molecule has 0 heterocycles. The summed E-state index contributed by atoms with van der Waals surface area (Å²) in [4.78, 5) is 0. The van der Waals surface area contributed by atoms with Crippen molar-refractivity contribution in [1.29, 1.82) is 0 Å². The van der Waals surface area contributed by atoms with E-state index in [1.54, 1.807) is 5.54 Å². The van der Waals surface area contributed by atoms with Gasteiger partial charge in [0.2, 0.25) is 0 Å². The molecule has 0 aromatic rings. The quantitative estimate of drug-likeness (QED) is 0.561. The van der Waals surface area contributed by atoms with Gasteiger partial charge in [-0.1, -0.05) is 36.8 Å². The number of hydrogen-bond acceptors (Lipinski definition) is 0. The largest absolute Gasteiger partial charge is 0.0927 e. The summed E-state index contributed by atoms with van der Waals surface area (Å²) in [5.41, 5.74) is 4.06. The summed E-state index contributed by atoms with van der Waals surface area (Å²) in [7, 11) is 0. The van der Waals surface area contributed by atoms with E-state index < -0.39 is 0 Å². The Morgan fingerprint density at radius 1 is 1.45 bits per heavy atom. The first kappa shape index (κ1) is 10.5. The zero-order valence-corrected chi connectivity index (χ0v) is 8.15. The van der Waals surface area contributed by atoms with Gasteiger partial charge in [-0.3, -0.25) is 0 Å². The van der Waals surface area contributed by atoms with E-state index in [1.807, 2.05) is 26.0 Å². The first-order chi connectivity index (χ1) is 5.26. The smallest absolute Gasteiger partial charge is 0.00744 e. The topological polar surface area (TPSA) is 0 Å². The van der Waals surface area contributed by atoms with E-state index in [-0.39, 0.29) is 0 Å². The molecule has 0 spiro atoms. The Bertz CT molecular complexity index is 185. The van der Waals surface area contributed by atoms with Gasteiger partial charge in [-0.2, -0.15) is 0 Å². The van der Waals surface area contributed by atoms with Gasteiger partial charge in [-0.05, 0) is 31.4 Å². The van der Waals surface area contributed by atoms with Crippen LogP contribution < -0.4 is 0 Å². The third-order valence-electron chi connectivity index (χ3n) is 1.54. The molecule has 0 N–H and O–H groups in total. The van der Waals surface area contributed by atoms with Crippen molar-refractivity contribution >= 4 is 11.6 Å². The Hall–Kier alpha value is -0.490. The molecule has 0 aromatic heterocycles. The predicted molar refractivity (Wildman–Crippen MR) is 52.8 cm³/mol. The van der Waals surface area contributed by atoms with Crippen LogP contribution in [0.1, 0.15) is 27.2 Å². The van der Waals surface area contributed by atoms with Crippen molar-refractivity contribution in [2.24, 2.45) is 0 Å². The van der Waals surface area contributed by atoms with Crippen molar-refractivity contribution in [3.05, 3.63) is 34.9 Å². The molecule has 1 heteroatoms. The summed E-state index contributed by atoms with van der Waals surface area (Å²) in [6.07, 6.45) is 7.16. The summed E-state index contributed by atoms with van der Waals surface area (Å²) in [5, 5.41) is 0. The van der Waals surface area contributed by atoms with Gasteiger partial charge >= 0.3 is 0 Å². The molecular formula is C10H15Cl. The summed E-state index contributed by atoms with van der Waals surface area (Å²) >= 11 is 5.58. The van der Waals surface area contributed by atoms with Gasteiger partial charge in [0.25, 0.3) is 0 Å². The molecule has 0 saturated heterocycles. The molecule has 62 valence electrons. The normalized spacial score (nSPS) is 14.5. The second kappa shape index (κ2) is 6.23. The molecule has 0 unspecified atom stereocenters. The van der Waals surface area contributed by atoms with Gasteiger partial charge in [0.1, 0.15) is 0 Å². The molecule has 0 saturated carbocycles. The fourth-order valence-corrected chi connectivity index (χ4v) is 0.951. The van der Waals surface area contributed by atoms with Gasteiger partial charge < -0.3 is 0 Å². The molecule has 0 aliphatic rings. The van der Waals surface area contributed by atoms with Crippen LogP contribution in [0.2, 0.25) is 0 Å². The van der Waals surface area contributed by atoms with Gasteiger partial charge in [-0.25, -0.2) is 0 Å². The molecule has 0 fully saturated rings. The van der Waals surface area contributed by atoms with Crippen LogP contribution in [-0.2, 0) is 0 Å². The zero-order chi connectivity index (χ0) is 8.69. The standard InChI is InChI=1S/C10H15Cl/c1-4-6-7-10(5-2)9(3)8-11/h4,6-8H,5H2,1-3H3/b6-4-,9-8+,10-7-. The van der Waals surface area contributed by atoms with Gasteiger partial charge in [0, 0.05) is 5.54 Å². The maximum absolute atomic E-state index is 5.58. The summed E-state index contributed by atoms with van der Waals surface area (Å²) < 4.78 is 0. The molecular weight excluding hydrogens is 156 g/mol. The molecule has 0 nitrogen and oxygen atoms in total. The van der Waals surface area contributed by atoms with Crippen LogP contribution in [0.5, 0.6) is 0 Å². The van der Waals surface area contributed by atoms with Crippen LogP contribution in [0.4, 0.5) is 0 Å². The molecule has 0 radical (unpaired) electrons. The minimum absolute atomic E-state index is 1.03. The molecule has 0 bridgehead atoms. The minimum atomic E-state index is 1.03. The number of halogens is 1. The van der Waals surface area contributed by atoms with E-state index in [9.17, 15) is 0 Å². The number of hydrogen-bond donors (Lipinski definition) is 0. The Balaban J connectivity index is 4.39. The van der Waals surface area contributed by atoms with Crippen molar-refractivity contribution in [2.45, 2.75) is 27.2 Å². The van der Waals surface area contributed by atoms with E-state index in [1.165, 1.54) is 5.57 Å². The van der Waals surface area contributed by atoms with Crippen LogP contribution in [0.25, 0.3) is 0 Å². The van der Waals surface area contributed by atoms with Crippen LogP contribution in [0, 0.1) is 0 Å². The third-order valence-corrected chi connectivity index (χ3v) is 1.87. The Morgan fingerprint density at radius 3 is 2.45 bits per heavy atom. The Morgan fingerprint density at radius 2 is 2.09 bits per heavy atom. The average Bonchev–Trinajstić information content (AvgIpc) is 2.05. The minimum Gasteiger partial charge on any atom is -0.0927 e. The molecule has 11 heavy (non-hydrogen) atoms. The number of allylic oxidation sites excluding steroid dienone is 5. The lowest BCUT2D eigenvalue weighted by Gasteiger charge is -2.00. The van der Waals surface area contributed by atoms with Crippen LogP contribution in [0.3, 0.4) is 0 Å². The summed E-state index contributed by atoms with van der Waals surface area (Å²) in [6, 6.07) is 0. The molecule has 0 rings (SSSR count). The van der Waals surface area contributed by atoms with Crippen molar-refractivity contribution in [2.75, 3.05) is 0 Å². The SMILES string of the molecule is C\C=C/C=C(CC)\C(C)=C\Cl. The highest BCUT2D eigenvalue weighted by Crippen LogP contribution is 2.13. The van der Waals surface area contributed by atoms with Crippen LogP contribution in [-0.4, -0.2) is 0 Å². The lowest BCUT2D eigenvalue weighted by Crippen LogP contribution is -1.80. The highest BCUT2D eigenvalue weighted by molar-refractivity contribution is 6.25. The average molecular weight is 171 g/mol. The fraction of sp³-hybridized carbons (Fsp3) is 0.400. The lowest BCUT2D eigenvalue weighted by atomic mass is 10.1. The summed E-state index contributed by atoms with van der Waals surface area (Å²) in [5.74, 6) is 0. The second-order valence-corrected chi connectivity index (χ2v) is 2.58. The van der Waals surface area contributed by atoms with Crippen LogP contribution >= 0.6 is 11.6 Å². The van der Waals surface area contributed by atoms with E-state index >= 15 is 0 Å². The molecule has 0 aliphatic carbocycles. The van der Waals surface area contributed by atoms with Crippen molar-refractivity contribution < 1.29 is 0 Å². The van der Waals surface area contributed by atoms with Gasteiger partial charge in [0.05, 0.1) is 0 Å². The lowest BCUT2D eigenvalue weighted by molar-refractivity contribution is 1.11. The first-order valence-electron chi connectivity index (χ1n) is 3.85. The molecule has 0 aliphatic heterocycles. The monoisotopic (exact) mass is 170 g/mol. The Labute approximate surface area is 74.3 Å². The van der Waals surface area contributed by atoms with Crippen molar-refractivity contribution in [1.82, 2.24) is 0 Å². The maximum Gasteiger partial charge on any atom is 0.00744 e. The fourth-order valence-electron chi connectivity index (χ4n) is 0.811. The van der Waals surface area contributed by atoms with Crippen molar-refractivity contribution in [3.8, 4) is 0 Å². The van der Waals surface area contributed by atoms with E-state index in [2.05, 4.69) is 13.0 Å². The van der Waals surface area contributed by atoms with E-state index in [0.29, 0.717) is 0 Å². The molecule has 0 amide bonds. The molecule has 0 aromatic carbocycles. The zero-order valence-electron chi connectivity index (χ0n) is 7.39. The maximum atomic E-state index is 5.58. The highest BCUT2D eigenvalue weighted by Gasteiger charge is 1.93. The van der Waals surface area contributed by atoms with Crippen molar-refractivity contribution in [3.63, 3.8) is 0 Å². The Kier molecular flexibility index (Phi) is 5.96. The van der Waals surface area contributed by atoms with E-state index in [0.717, 1.165) is 12.0 Å². The summed E-state index contributed by atoms with van der Waals surface area (Å²) in [6.45, 7) is 6.15. The number of rotatable bonds is 3. The van der Waals surface area contributed by atoms with E-state index in [4.69, 9.17) is 11.6 Å². The third kappa shape index (κ3) is 4.05. The van der Waals surface area contributed by atoms with Gasteiger partial charge in [-0.15, -0.1) is 0 Å².